The van der Waals surface area contributed by atoms with E-state index in [1.807, 2.05) is 19.1 Å². The van der Waals surface area contributed by atoms with Crippen LogP contribution in [0.15, 0.2) is 40.9 Å². The fourth-order valence-corrected chi connectivity index (χ4v) is 3.02. The quantitative estimate of drug-likeness (QED) is 0.891. The summed E-state index contributed by atoms with van der Waals surface area (Å²) in [6.45, 7) is 3.57. The standard InChI is InChI=1S/C17H17BrFNO/c1-2-20-16(12-6-7-14(18)15(19)10-12)13-5-3-4-11-8-9-21-17(11)13/h3-7,10,16,20H,2,8-9H2,1H3. The van der Waals surface area contributed by atoms with Crippen LogP contribution in [0.4, 0.5) is 4.39 Å². The van der Waals surface area contributed by atoms with Crippen LogP contribution in [0.25, 0.3) is 0 Å². The summed E-state index contributed by atoms with van der Waals surface area (Å²) >= 11 is 3.20. The minimum atomic E-state index is -0.246. The first kappa shape index (κ1) is 14.5. The molecule has 0 saturated heterocycles. The number of para-hydroxylation sites is 1. The lowest BCUT2D eigenvalue weighted by atomic mass is 9.95. The Morgan fingerprint density at radius 1 is 1.33 bits per heavy atom. The molecule has 21 heavy (non-hydrogen) atoms. The normalized spacial score (nSPS) is 14.6. The highest BCUT2D eigenvalue weighted by Crippen LogP contribution is 2.36. The molecule has 3 rings (SSSR count). The average Bonchev–Trinajstić information content (AvgIpc) is 2.96. The molecule has 2 aromatic rings. The molecule has 2 aromatic carbocycles. The van der Waals surface area contributed by atoms with Crippen molar-refractivity contribution in [3.05, 3.63) is 63.4 Å². The lowest BCUT2D eigenvalue weighted by Gasteiger charge is -2.21. The second-order valence-electron chi connectivity index (χ2n) is 5.10. The molecule has 1 N–H and O–H groups in total. The maximum absolute atomic E-state index is 13.9. The second-order valence-corrected chi connectivity index (χ2v) is 5.95. The monoisotopic (exact) mass is 349 g/mol. The topological polar surface area (TPSA) is 21.3 Å². The highest BCUT2D eigenvalue weighted by atomic mass is 79.9. The van der Waals surface area contributed by atoms with Gasteiger partial charge in [-0.2, -0.15) is 0 Å². The summed E-state index contributed by atoms with van der Waals surface area (Å²) < 4.78 is 20.1. The van der Waals surface area contributed by atoms with E-state index in [1.54, 1.807) is 12.1 Å². The number of fused-ring (bicyclic) bond motifs is 1. The van der Waals surface area contributed by atoms with Crippen LogP contribution in [0.3, 0.4) is 0 Å². The molecule has 0 amide bonds. The van der Waals surface area contributed by atoms with Crippen molar-refractivity contribution in [3.8, 4) is 5.75 Å². The van der Waals surface area contributed by atoms with Crippen LogP contribution in [0, 0.1) is 5.82 Å². The Labute approximate surface area is 132 Å². The van der Waals surface area contributed by atoms with Crippen molar-refractivity contribution in [2.75, 3.05) is 13.2 Å². The molecule has 2 nitrogen and oxygen atoms in total. The lowest BCUT2D eigenvalue weighted by Crippen LogP contribution is -2.22. The van der Waals surface area contributed by atoms with E-state index in [0.717, 1.165) is 36.4 Å². The van der Waals surface area contributed by atoms with Crippen molar-refractivity contribution in [3.63, 3.8) is 0 Å². The Kier molecular flexibility index (Phi) is 4.27. The molecule has 0 aliphatic carbocycles. The second kappa shape index (κ2) is 6.16. The molecule has 0 fully saturated rings. The summed E-state index contributed by atoms with van der Waals surface area (Å²) in [6.07, 6.45) is 0.941. The predicted molar refractivity (Wildman–Crippen MR) is 85.3 cm³/mol. The smallest absolute Gasteiger partial charge is 0.137 e. The third kappa shape index (κ3) is 2.83. The molecule has 0 aromatic heterocycles. The molecule has 0 spiro atoms. The maximum Gasteiger partial charge on any atom is 0.137 e. The van der Waals surface area contributed by atoms with E-state index in [-0.39, 0.29) is 11.9 Å². The fourth-order valence-electron chi connectivity index (χ4n) is 2.77. The van der Waals surface area contributed by atoms with Gasteiger partial charge in [0.05, 0.1) is 17.1 Å². The van der Waals surface area contributed by atoms with E-state index in [0.29, 0.717) is 4.47 Å². The van der Waals surface area contributed by atoms with Gasteiger partial charge in [0.1, 0.15) is 11.6 Å². The van der Waals surface area contributed by atoms with Crippen molar-refractivity contribution in [2.24, 2.45) is 0 Å². The van der Waals surface area contributed by atoms with Crippen LogP contribution in [0.2, 0.25) is 0 Å². The van der Waals surface area contributed by atoms with E-state index >= 15 is 0 Å². The highest BCUT2D eigenvalue weighted by molar-refractivity contribution is 9.10. The summed E-state index contributed by atoms with van der Waals surface area (Å²) in [5.41, 5.74) is 3.21. The van der Waals surface area contributed by atoms with Crippen LogP contribution >= 0.6 is 15.9 Å². The molecule has 0 saturated carbocycles. The van der Waals surface area contributed by atoms with Gasteiger partial charge < -0.3 is 10.1 Å². The van der Waals surface area contributed by atoms with E-state index < -0.39 is 0 Å². The van der Waals surface area contributed by atoms with Crippen LogP contribution in [0.1, 0.15) is 29.7 Å². The SMILES string of the molecule is CCNC(c1ccc(Br)c(F)c1)c1cccc2c1OCC2. The minimum Gasteiger partial charge on any atom is -0.493 e. The van der Waals surface area contributed by atoms with E-state index in [1.165, 1.54) is 5.56 Å². The number of rotatable bonds is 4. The van der Waals surface area contributed by atoms with Crippen molar-refractivity contribution in [1.82, 2.24) is 5.32 Å². The van der Waals surface area contributed by atoms with Crippen molar-refractivity contribution in [1.29, 1.82) is 0 Å². The molecular formula is C17H17BrFNO. The molecule has 1 unspecified atom stereocenters. The zero-order valence-electron chi connectivity index (χ0n) is 11.8. The van der Waals surface area contributed by atoms with Gasteiger partial charge in [-0.1, -0.05) is 31.2 Å². The Balaban J connectivity index is 2.06. The van der Waals surface area contributed by atoms with Gasteiger partial charge in [-0.25, -0.2) is 4.39 Å². The van der Waals surface area contributed by atoms with Gasteiger partial charge in [0.2, 0.25) is 0 Å². The predicted octanol–water partition coefficient (Wildman–Crippen LogP) is 4.22. The summed E-state index contributed by atoms with van der Waals surface area (Å²) in [5.74, 6) is 0.704. The molecule has 1 heterocycles. The van der Waals surface area contributed by atoms with Gasteiger partial charge in [0, 0.05) is 12.0 Å². The molecule has 1 atom stereocenters. The van der Waals surface area contributed by atoms with Crippen molar-refractivity contribution >= 4 is 15.9 Å². The van der Waals surface area contributed by atoms with Gasteiger partial charge >= 0.3 is 0 Å². The van der Waals surface area contributed by atoms with Crippen LogP contribution < -0.4 is 10.1 Å². The Morgan fingerprint density at radius 2 is 2.19 bits per heavy atom. The van der Waals surface area contributed by atoms with E-state index in [2.05, 4.69) is 33.4 Å². The largest absolute Gasteiger partial charge is 0.493 e. The highest BCUT2D eigenvalue weighted by Gasteiger charge is 2.23. The van der Waals surface area contributed by atoms with Crippen LogP contribution in [0.5, 0.6) is 5.75 Å². The van der Waals surface area contributed by atoms with E-state index in [4.69, 9.17) is 4.74 Å². The number of hydrogen-bond donors (Lipinski definition) is 1. The minimum absolute atomic E-state index is 0.0642. The summed E-state index contributed by atoms with van der Waals surface area (Å²) in [5, 5.41) is 3.43. The van der Waals surface area contributed by atoms with Gasteiger partial charge in [-0.15, -0.1) is 0 Å². The number of halogens is 2. The van der Waals surface area contributed by atoms with Gasteiger partial charge in [0.15, 0.2) is 0 Å². The number of nitrogens with one attached hydrogen (secondary N) is 1. The van der Waals surface area contributed by atoms with Crippen molar-refractivity contribution in [2.45, 2.75) is 19.4 Å². The summed E-state index contributed by atoms with van der Waals surface area (Å²) in [6, 6.07) is 11.4. The average molecular weight is 350 g/mol. The first-order valence-corrected chi connectivity index (χ1v) is 7.93. The van der Waals surface area contributed by atoms with Gasteiger partial charge in [0.25, 0.3) is 0 Å². The lowest BCUT2D eigenvalue weighted by molar-refractivity contribution is 0.350. The molecular weight excluding hydrogens is 333 g/mol. The molecule has 110 valence electrons. The zero-order chi connectivity index (χ0) is 14.8. The first-order chi connectivity index (χ1) is 10.2. The first-order valence-electron chi connectivity index (χ1n) is 7.13. The molecule has 1 aliphatic rings. The van der Waals surface area contributed by atoms with Crippen LogP contribution in [-0.4, -0.2) is 13.2 Å². The van der Waals surface area contributed by atoms with Gasteiger partial charge in [-0.3, -0.25) is 0 Å². The van der Waals surface area contributed by atoms with Gasteiger partial charge in [-0.05, 0) is 45.7 Å². The Hall–Kier alpha value is -1.39. The fraction of sp³-hybridized carbons (Fsp3) is 0.294. The zero-order valence-corrected chi connectivity index (χ0v) is 13.4. The summed E-state index contributed by atoms with van der Waals surface area (Å²) in [7, 11) is 0. The van der Waals surface area contributed by atoms with Crippen LogP contribution in [-0.2, 0) is 6.42 Å². The van der Waals surface area contributed by atoms with E-state index in [9.17, 15) is 4.39 Å². The Bertz CT molecular complexity index is 659. The molecule has 0 radical (unpaired) electrons. The number of ether oxygens (including phenoxy) is 1. The Morgan fingerprint density at radius 3 is 2.95 bits per heavy atom. The molecule has 4 heteroatoms. The summed E-state index contributed by atoms with van der Waals surface area (Å²) in [4.78, 5) is 0. The number of hydrogen-bond acceptors (Lipinski definition) is 2. The maximum atomic E-state index is 13.9. The third-order valence-electron chi connectivity index (χ3n) is 3.74. The number of benzene rings is 2. The third-order valence-corrected chi connectivity index (χ3v) is 4.38. The van der Waals surface area contributed by atoms with Crippen molar-refractivity contribution < 1.29 is 9.13 Å². The molecule has 0 bridgehead atoms. The molecule has 1 aliphatic heterocycles.